The van der Waals surface area contributed by atoms with Gasteiger partial charge in [0.1, 0.15) is 0 Å². The number of hydrogen-bond acceptors (Lipinski definition) is 6. The van der Waals surface area contributed by atoms with E-state index in [9.17, 15) is 4.79 Å². The fourth-order valence-electron chi connectivity index (χ4n) is 2.56. The minimum atomic E-state index is -0.110. The maximum absolute atomic E-state index is 12.4. The molecule has 0 aromatic carbocycles. The van der Waals surface area contributed by atoms with Crippen LogP contribution in [0.5, 0.6) is 0 Å². The Morgan fingerprint density at radius 3 is 2.84 bits per heavy atom. The van der Waals surface area contributed by atoms with E-state index in [-0.39, 0.29) is 11.9 Å². The molecule has 3 rings (SSSR count). The number of thiazole rings is 1. The number of carbonyl (C=O) groups is 1. The third-order valence-electron chi connectivity index (χ3n) is 3.72. The van der Waals surface area contributed by atoms with Crippen LogP contribution in [0.1, 0.15) is 17.5 Å². The zero-order chi connectivity index (χ0) is 13.4. The third-order valence-corrected chi connectivity index (χ3v) is 4.63. The number of amides is 1. The summed E-state index contributed by atoms with van der Waals surface area (Å²) in [4.78, 5) is 22.0. The van der Waals surface area contributed by atoms with Gasteiger partial charge in [0.25, 0.3) is 0 Å². The molecular weight excluding hydrogens is 264 g/mol. The Morgan fingerprint density at radius 2 is 2.16 bits per heavy atom. The zero-order valence-electron chi connectivity index (χ0n) is 11.0. The number of fused-ring (bicyclic) bond motifs is 1. The summed E-state index contributed by atoms with van der Waals surface area (Å²) >= 11 is 1.53. The normalized spacial score (nSPS) is 21.4. The zero-order valence-corrected chi connectivity index (χ0v) is 11.8. The van der Waals surface area contributed by atoms with Crippen LogP contribution in [0.2, 0.25) is 0 Å². The van der Waals surface area contributed by atoms with Gasteiger partial charge in [-0.1, -0.05) is 0 Å². The number of ether oxygens (including phenoxy) is 1. The van der Waals surface area contributed by atoms with Gasteiger partial charge in [-0.05, 0) is 6.92 Å². The minimum absolute atomic E-state index is 0.110. The molecule has 7 heteroatoms. The molecule has 1 unspecified atom stereocenters. The van der Waals surface area contributed by atoms with Gasteiger partial charge in [-0.2, -0.15) is 0 Å². The molecule has 104 valence electrons. The molecule has 6 nitrogen and oxygen atoms in total. The summed E-state index contributed by atoms with van der Waals surface area (Å²) in [5, 5.41) is 0.622. The lowest BCUT2D eigenvalue weighted by Crippen LogP contribution is -2.49. The van der Waals surface area contributed by atoms with E-state index in [1.807, 2.05) is 11.8 Å². The van der Waals surface area contributed by atoms with Crippen molar-refractivity contribution in [2.75, 3.05) is 32.0 Å². The SMILES string of the molecule is CC(C(=O)N1CCOCC1)N1Cc2nc(N)sc2C1. The van der Waals surface area contributed by atoms with E-state index in [1.165, 1.54) is 16.2 Å². The molecule has 1 fully saturated rings. The Bertz CT molecular complexity index is 461. The predicted molar refractivity (Wildman–Crippen MR) is 72.6 cm³/mol. The Labute approximate surface area is 116 Å². The van der Waals surface area contributed by atoms with E-state index in [2.05, 4.69) is 9.88 Å². The van der Waals surface area contributed by atoms with Gasteiger partial charge < -0.3 is 15.4 Å². The van der Waals surface area contributed by atoms with Crippen LogP contribution in [0, 0.1) is 0 Å². The quantitative estimate of drug-likeness (QED) is 0.844. The molecule has 3 heterocycles. The topological polar surface area (TPSA) is 71.7 Å². The molecule has 1 aromatic heterocycles. The molecular formula is C12H18N4O2S. The lowest BCUT2D eigenvalue weighted by Gasteiger charge is -2.32. The van der Waals surface area contributed by atoms with Crippen LogP contribution in [0.15, 0.2) is 0 Å². The van der Waals surface area contributed by atoms with Crippen molar-refractivity contribution in [2.45, 2.75) is 26.1 Å². The lowest BCUT2D eigenvalue weighted by molar-refractivity contribution is -0.140. The average molecular weight is 282 g/mol. The Balaban J connectivity index is 1.63. The second kappa shape index (κ2) is 5.07. The van der Waals surface area contributed by atoms with Gasteiger partial charge in [0.2, 0.25) is 5.91 Å². The smallest absolute Gasteiger partial charge is 0.239 e. The fourth-order valence-corrected chi connectivity index (χ4v) is 3.43. The van der Waals surface area contributed by atoms with E-state index >= 15 is 0 Å². The second-order valence-corrected chi connectivity index (χ2v) is 6.06. The van der Waals surface area contributed by atoms with Crippen molar-refractivity contribution in [1.82, 2.24) is 14.8 Å². The largest absolute Gasteiger partial charge is 0.378 e. The summed E-state index contributed by atoms with van der Waals surface area (Å²) in [6.07, 6.45) is 0. The predicted octanol–water partition coefficient (Wildman–Crippen LogP) is 0.288. The van der Waals surface area contributed by atoms with E-state index < -0.39 is 0 Å². The molecule has 0 spiro atoms. The van der Waals surface area contributed by atoms with Crippen molar-refractivity contribution in [1.29, 1.82) is 0 Å². The van der Waals surface area contributed by atoms with Crippen molar-refractivity contribution in [2.24, 2.45) is 0 Å². The van der Waals surface area contributed by atoms with Gasteiger partial charge >= 0.3 is 0 Å². The second-order valence-electron chi connectivity index (χ2n) is 4.94. The summed E-state index contributed by atoms with van der Waals surface area (Å²) in [5.41, 5.74) is 6.72. The highest BCUT2D eigenvalue weighted by atomic mass is 32.1. The van der Waals surface area contributed by atoms with Gasteiger partial charge in [-0.25, -0.2) is 4.98 Å². The van der Waals surface area contributed by atoms with E-state index in [4.69, 9.17) is 10.5 Å². The number of nitrogens with two attached hydrogens (primary N) is 1. The Morgan fingerprint density at radius 1 is 1.42 bits per heavy atom. The molecule has 1 amide bonds. The van der Waals surface area contributed by atoms with Gasteiger partial charge in [0.05, 0.1) is 24.9 Å². The number of rotatable bonds is 2. The number of nitrogen functional groups attached to an aromatic ring is 1. The number of nitrogens with zero attached hydrogens (tertiary/aromatic N) is 3. The Kier molecular flexibility index (Phi) is 3.42. The summed E-state index contributed by atoms with van der Waals surface area (Å²) in [6.45, 7) is 6.15. The van der Waals surface area contributed by atoms with Crippen LogP contribution < -0.4 is 5.73 Å². The Hall–Kier alpha value is -1.18. The van der Waals surface area contributed by atoms with Gasteiger partial charge in [-0.3, -0.25) is 9.69 Å². The lowest BCUT2D eigenvalue weighted by atomic mass is 10.2. The summed E-state index contributed by atoms with van der Waals surface area (Å²) in [5.74, 6) is 0.187. The minimum Gasteiger partial charge on any atom is -0.378 e. The molecule has 0 radical (unpaired) electrons. The van der Waals surface area contributed by atoms with Crippen LogP contribution in [-0.4, -0.2) is 53.0 Å². The van der Waals surface area contributed by atoms with Crippen molar-refractivity contribution in [3.63, 3.8) is 0 Å². The monoisotopic (exact) mass is 282 g/mol. The molecule has 2 aliphatic heterocycles. The molecule has 2 aliphatic rings. The fraction of sp³-hybridized carbons (Fsp3) is 0.667. The first kappa shape index (κ1) is 12.8. The standard InChI is InChI=1S/C12H18N4O2S/c1-8(11(17)15-2-4-18-5-3-15)16-6-9-10(7-16)19-12(13)14-9/h8H,2-7H2,1H3,(H2,13,14). The highest BCUT2D eigenvalue weighted by Crippen LogP contribution is 2.30. The number of carbonyl (C=O) groups excluding carboxylic acids is 1. The first-order valence-electron chi connectivity index (χ1n) is 6.50. The van der Waals surface area contributed by atoms with Crippen LogP contribution in [0.4, 0.5) is 5.13 Å². The molecule has 1 aromatic rings. The number of morpholine rings is 1. The van der Waals surface area contributed by atoms with E-state index in [0.29, 0.717) is 31.4 Å². The maximum atomic E-state index is 12.4. The molecule has 0 bridgehead atoms. The maximum Gasteiger partial charge on any atom is 0.239 e. The molecule has 0 saturated carbocycles. The summed E-state index contributed by atoms with van der Waals surface area (Å²) < 4.78 is 5.28. The highest BCUT2D eigenvalue weighted by molar-refractivity contribution is 7.15. The first-order chi connectivity index (χ1) is 9.15. The van der Waals surface area contributed by atoms with Crippen LogP contribution >= 0.6 is 11.3 Å². The van der Waals surface area contributed by atoms with Gasteiger partial charge in [0.15, 0.2) is 5.13 Å². The highest BCUT2D eigenvalue weighted by Gasteiger charge is 2.32. The van der Waals surface area contributed by atoms with Crippen molar-refractivity contribution in [3.8, 4) is 0 Å². The van der Waals surface area contributed by atoms with Gasteiger partial charge in [-0.15, -0.1) is 11.3 Å². The average Bonchev–Trinajstić information content (AvgIpc) is 2.95. The summed E-state index contributed by atoms with van der Waals surface area (Å²) in [6, 6.07) is -0.110. The molecule has 1 atom stereocenters. The molecule has 19 heavy (non-hydrogen) atoms. The third kappa shape index (κ3) is 2.45. The molecule has 1 saturated heterocycles. The van der Waals surface area contributed by atoms with E-state index in [0.717, 1.165) is 18.8 Å². The van der Waals surface area contributed by atoms with Crippen molar-refractivity contribution in [3.05, 3.63) is 10.6 Å². The number of hydrogen-bond donors (Lipinski definition) is 1. The molecule has 2 N–H and O–H groups in total. The van der Waals surface area contributed by atoms with E-state index in [1.54, 1.807) is 0 Å². The molecule has 0 aliphatic carbocycles. The van der Waals surface area contributed by atoms with Crippen LogP contribution in [0.3, 0.4) is 0 Å². The summed E-state index contributed by atoms with van der Waals surface area (Å²) in [7, 11) is 0. The van der Waals surface area contributed by atoms with Crippen molar-refractivity contribution >= 4 is 22.4 Å². The first-order valence-corrected chi connectivity index (χ1v) is 7.31. The van der Waals surface area contributed by atoms with Gasteiger partial charge in [0, 0.05) is 31.1 Å². The number of anilines is 1. The van der Waals surface area contributed by atoms with Crippen LogP contribution in [-0.2, 0) is 22.6 Å². The van der Waals surface area contributed by atoms with Crippen molar-refractivity contribution < 1.29 is 9.53 Å². The van der Waals surface area contributed by atoms with Crippen LogP contribution in [0.25, 0.3) is 0 Å². The number of aromatic nitrogens is 1.